The van der Waals surface area contributed by atoms with Gasteiger partial charge in [-0.2, -0.15) is 0 Å². The highest BCUT2D eigenvalue weighted by Crippen LogP contribution is 2.44. The van der Waals surface area contributed by atoms with Crippen molar-refractivity contribution in [3.05, 3.63) is 145 Å². The molecular weight excluding hydrogens is 572 g/mol. The molecule has 0 aliphatic heterocycles. The monoisotopic (exact) mass is 610 g/mol. The van der Waals surface area contributed by atoms with Crippen LogP contribution < -0.4 is 0 Å². The normalized spacial score (nSPS) is 12.1. The van der Waals surface area contributed by atoms with Crippen LogP contribution in [0.1, 0.15) is 51.7 Å². The van der Waals surface area contributed by atoms with Gasteiger partial charge in [0.25, 0.3) is 0 Å². The van der Waals surface area contributed by atoms with Crippen LogP contribution in [0.15, 0.2) is 138 Å². The maximum absolute atomic E-state index is 6.37. The first-order valence-corrected chi connectivity index (χ1v) is 16.5. The highest BCUT2D eigenvalue weighted by Gasteiger charge is 2.26. The standard InChI is InChI=1S/C44H38N2O/c1-28(2)33-20-14-19-31-23-37-38(27-47-41(37)26-34(31)33)43-45-39-21-12-13-22-40(39)46(43)42-35(29-15-8-6-9-16-29)24-32(44(3,4)5)25-36(42)30-17-10-7-11-18-30/h6-28H,1-5H3. The lowest BCUT2D eigenvalue weighted by atomic mass is 9.82. The molecule has 8 aromatic rings. The average molecular weight is 611 g/mol. The Morgan fingerprint density at radius 1 is 0.638 bits per heavy atom. The molecule has 0 spiro atoms. The van der Waals surface area contributed by atoms with Gasteiger partial charge in [-0.05, 0) is 80.8 Å². The third-order valence-electron chi connectivity index (χ3n) is 9.40. The summed E-state index contributed by atoms with van der Waals surface area (Å²) >= 11 is 0. The first-order valence-electron chi connectivity index (χ1n) is 16.5. The van der Waals surface area contributed by atoms with Crippen molar-refractivity contribution in [2.45, 2.75) is 46.0 Å². The van der Waals surface area contributed by atoms with E-state index in [0.717, 1.165) is 39.1 Å². The van der Waals surface area contributed by atoms with Crippen LogP contribution in [0.3, 0.4) is 0 Å². The smallest absolute Gasteiger partial charge is 0.149 e. The van der Waals surface area contributed by atoms with Gasteiger partial charge in [0.1, 0.15) is 17.7 Å². The quantitative estimate of drug-likeness (QED) is 0.194. The number of imidazole rings is 1. The molecule has 8 rings (SSSR count). The summed E-state index contributed by atoms with van der Waals surface area (Å²) in [6.07, 6.45) is 1.89. The van der Waals surface area contributed by atoms with Crippen LogP contribution in [0, 0.1) is 0 Å². The molecule has 0 unspecified atom stereocenters. The topological polar surface area (TPSA) is 31.0 Å². The molecule has 230 valence electrons. The molecular formula is C44H38N2O. The van der Waals surface area contributed by atoms with E-state index in [0.29, 0.717) is 5.92 Å². The molecule has 3 heteroatoms. The summed E-state index contributed by atoms with van der Waals surface area (Å²) in [5, 5.41) is 3.50. The SMILES string of the molecule is CC(C)c1cccc2cc3c(-c4nc5ccccc5n4-c4c(-c5ccccc5)cc(C(C)(C)C)cc4-c4ccccc4)coc3cc12. The summed E-state index contributed by atoms with van der Waals surface area (Å²) in [6, 6.07) is 45.8. The van der Waals surface area contributed by atoms with Crippen molar-refractivity contribution < 1.29 is 4.42 Å². The number of furan rings is 1. The van der Waals surface area contributed by atoms with Crippen molar-refractivity contribution in [2.24, 2.45) is 0 Å². The molecule has 0 saturated heterocycles. The number of para-hydroxylation sites is 2. The lowest BCUT2D eigenvalue weighted by Gasteiger charge is -2.26. The molecule has 0 fully saturated rings. The van der Waals surface area contributed by atoms with Crippen molar-refractivity contribution in [1.29, 1.82) is 0 Å². The summed E-state index contributed by atoms with van der Waals surface area (Å²) in [5.41, 5.74) is 12.2. The van der Waals surface area contributed by atoms with Crippen LogP contribution in [0.4, 0.5) is 0 Å². The molecule has 0 amide bonds. The van der Waals surface area contributed by atoms with Crippen molar-refractivity contribution in [1.82, 2.24) is 9.55 Å². The van der Waals surface area contributed by atoms with Crippen LogP contribution in [-0.2, 0) is 5.41 Å². The largest absolute Gasteiger partial charge is 0.464 e. The number of hydrogen-bond acceptors (Lipinski definition) is 2. The molecule has 47 heavy (non-hydrogen) atoms. The minimum Gasteiger partial charge on any atom is -0.464 e. The maximum Gasteiger partial charge on any atom is 0.149 e. The molecule has 6 aromatic carbocycles. The predicted octanol–water partition coefficient (Wildman–Crippen LogP) is 12.3. The number of aromatic nitrogens is 2. The minimum atomic E-state index is -0.0535. The Kier molecular flexibility index (Phi) is 6.88. The van der Waals surface area contributed by atoms with E-state index in [1.807, 2.05) is 6.26 Å². The fourth-order valence-corrected chi connectivity index (χ4v) is 6.92. The van der Waals surface area contributed by atoms with Gasteiger partial charge in [-0.1, -0.05) is 126 Å². The third-order valence-corrected chi connectivity index (χ3v) is 9.40. The zero-order valence-electron chi connectivity index (χ0n) is 27.6. The second kappa shape index (κ2) is 11.1. The van der Waals surface area contributed by atoms with Gasteiger partial charge in [-0.15, -0.1) is 0 Å². The van der Waals surface area contributed by atoms with E-state index < -0.39 is 0 Å². The molecule has 2 heterocycles. The first-order chi connectivity index (χ1) is 22.8. The van der Waals surface area contributed by atoms with E-state index in [9.17, 15) is 0 Å². The number of benzene rings is 6. The lowest BCUT2D eigenvalue weighted by Crippen LogP contribution is -2.13. The van der Waals surface area contributed by atoms with E-state index in [1.165, 1.54) is 44.2 Å². The van der Waals surface area contributed by atoms with Gasteiger partial charge in [-0.3, -0.25) is 4.57 Å². The molecule has 0 aliphatic rings. The predicted molar refractivity (Wildman–Crippen MR) is 197 cm³/mol. The molecule has 0 saturated carbocycles. The summed E-state index contributed by atoms with van der Waals surface area (Å²) in [4.78, 5) is 5.35. The summed E-state index contributed by atoms with van der Waals surface area (Å²) < 4.78 is 8.74. The van der Waals surface area contributed by atoms with Gasteiger partial charge < -0.3 is 4.42 Å². The minimum absolute atomic E-state index is 0.0535. The first kappa shape index (κ1) is 29.0. The Morgan fingerprint density at radius 2 is 1.28 bits per heavy atom. The van der Waals surface area contributed by atoms with Crippen LogP contribution in [-0.4, -0.2) is 9.55 Å². The zero-order valence-corrected chi connectivity index (χ0v) is 27.6. The molecule has 0 N–H and O–H groups in total. The highest BCUT2D eigenvalue weighted by molar-refractivity contribution is 6.05. The second-order valence-electron chi connectivity index (χ2n) is 13.9. The Labute approximate surface area is 276 Å². The summed E-state index contributed by atoms with van der Waals surface area (Å²) in [5.74, 6) is 1.28. The van der Waals surface area contributed by atoms with Crippen LogP contribution in [0.2, 0.25) is 0 Å². The zero-order chi connectivity index (χ0) is 32.3. The molecule has 0 atom stereocenters. The van der Waals surface area contributed by atoms with E-state index in [2.05, 4.69) is 167 Å². The number of fused-ring (bicyclic) bond motifs is 3. The Balaban J connectivity index is 1.50. The maximum atomic E-state index is 6.37. The van der Waals surface area contributed by atoms with Crippen molar-refractivity contribution in [3.8, 4) is 39.3 Å². The Morgan fingerprint density at radius 3 is 1.91 bits per heavy atom. The molecule has 3 nitrogen and oxygen atoms in total. The Bertz CT molecular complexity index is 2340. The number of rotatable bonds is 5. The van der Waals surface area contributed by atoms with Crippen molar-refractivity contribution in [3.63, 3.8) is 0 Å². The van der Waals surface area contributed by atoms with Crippen molar-refractivity contribution in [2.75, 3.05) is 0 Å². The van der Waals surface area contributed by atoms with Gasteiger partial charge in [0, 0.05) is 16.5 Å². The van der Waals surface area contributed by atoms with Crippen LogP contribution in [0.5, 0.6) is 0 Å². The van der Waals surface area contributed by atoms with Gasteiger partial charge in [0.05, 0.1) is 22.3 Å². The fraction of sp³-hybridized carbons (Fsp3) is 0.159. The van der Waals surface area contributed by atoms with Gasteiger partial charge in [-0.25, -0.2) is 4.98 Å². The number of nitrogens with zero attached hydrogens (tertiary/aromatic N) is 2. The van der Waals surface area contributed by atoms with Crippen molar-refractivity contribution >= 4 is 32.8 Å². The van der Waals surface area contributed by atoms with Crippen LogP contribution >= 0.6 is 0 Å². The second-order valence-corrected chi connectivity index (χ2v) is 13.9. The molecule has 0 bridgehead atoms. The fourth-order valence-electron chi connectivity index (χ4n) is 6.92. The lowest BCUT2D eigenvalue weighted by molar-refractivity contribution is 0.590. The molecule has 0 aliphatic carbocycles. The summed E-state index contributed by atoms with van der Waals surface area (Å²) in [7, 11) is 0. The van der Waals surface area contributed by atoms with Gasteiger partial charge >= 0.3 is 0 Å². The van der Waals surface area contributed by atoms with E-state index in [1.54, 1.807) is 0 Å². The van der Waals surface area contributed by atoms with E-state index in [-0.39, 0.29) is 5.41 Å². The van der Waals surface area contributed by atoms with Gasteiger partial charge in [0.15, 0.2) is 0 Å². The average Bonchev–Trinajstić information content (AvgIpc) is 3.67. The highest BCUT2D eigenvalue weighted by atomic mass is 16.3. The molecule has 2 aromatic heterocycles. The van der Waals surface area contributed by atoms with Gasteiger partial charge in [0.2, 0.25) is 0 Å². The van der Waals surface area contributed by atoms with E-state index >= 15 is 0 Å². The summed E-state index contributed by atoms with van der Waals surface area (Å²) in [6.45, 7) is 11.4. The number of hydrogen-bond donors (Lipinski definition) is 0. The third kappa shape index (κ3) is 4.94. The molecule has 0 radical (unpaired) electrons. The van der Waals surface area contributed by atoms with Crippen LogP contribution in [0.25, 0.3) is 72.1 Å². The Hall–Kier alpha value is -5.41. The van der Waals surface area contributed by atoms with E-state index in [4.69, 9.17) is 9.40 Å².